The van der Waals surface area contributed by atoms with Crippen LogP contribution in [0.4, 0.5) is 26.3 Å². The van der Waals surface area contributed by atoms with Crippen molar-refractivity contribution in [1.82, 2.24) is 0 Å². The van der Waals surface area contributed by atoms with Crippen LogP contribution in [-0.2, 0) is 12.4 Å². The van der Waals surface area contributed by atoms with E-state index in [4.69, 9.17) is 4.42 Å². The van der Waals surface area contributed by atoms with Crippen LogP contribution in [0.25, 0.3) is 33.4 Å². The number of rotatable bonds is 2. The van der Waals surface area contributed by atoms with Crippen LogP contribution in [0.15, 0.2) is 82.0 Å². The van der Waals surface area contributed by atoms with Crippen LogP contribution in [0, 0.1) is 0 Å². The number of halogens is 6. The van der Waals surface area contributed by atoms with Gasteiger partial charge >= 0.3 is 12.4 Å². The maximum absolute atomic E-state index is 13.2. The molecular formula is C23H12F6O2. The topological polar surface area (TPSA) is 30.2 Å². The molecule has 158 valence electrons. The van der Waals surface area contributed by atoms with Crippen LogP contribution in [-0.4, -0.2) is 0 Å². The molecule has 1 aromatic heterocycles. The summed E-state index contributed by atoms with van der Waals surface area (Å²) in [5.74, 6) is -0.0304. The van der Waals surface area contributed by atoms with E-state index in [0.717, 1.165) is 48.5 Å². The summed E-state index contributed by atoms with van der Waals surface area (Å²) in [5, 5.41) is 0.202. The lowest BCUT2D eigenvalue weighted by molar-refractivity contribution is -0.138. The van der Waals surface area contributed by atoms with E-state index >= 15 is 0 Å². The van der Waals surface area contributed by atoms with Gasteiger partial charge < -0.3 is 4.42 Å². The number of hydrogen-bond donors (Lipinski definition) is 0. The van der Waals surface area contributed by atoms with Gasteiger partial charge in [0.25, 0.3) is 0 Å². The molecule has 0 amide bonds. The molecule has 0 aliphatic rings. The summed E-state index contributed by atoms with van der Waals surface area (Å²) < 4.78 is 83.3. The van der Waals surface area contributed by atoms with Crippen molar-refractivity contribution in [3.8, 4) is 22.5 Å². The number of alkyl halides is 6. The van der Waals surface area contributed by atoms with Crippen molar-refractivity contribution in [3.05, 3.63) is 94.1 Å². The van der Waals surface area contributed by atoms with Crippen molar-refractivity contribution in [2.24, 2.45) is 0 Å². The second-order valence-corrected chi connectivity index (χ2v) is 6.78. The van der Waals surface area contributed by atoms with Gasteiger partial charge in [-0.15, -0.1) is 0 Å². The summed E-state index contributed by atoms with van der Waals surface area (Å²) in [7, 11) is 0. The monoisotopic (exact) mass is 434 g/mol. The quantitative estimate of drug-likeness (QED) is 0.313. The minimum Gasteiger partial charge on any atom is -0.455 e. The van der Waals surface area contributed by atoms with Gasteiger partial charge in [0.2, 0.25) is 5.43 Å². The first-order chi connectivity index (χ1) is 14.6. The third-order valence-electron chi connectivity index (χ3n) is 4.77. The first-order valence-electron chi connectivity index (χ1n) is 8.97. The number of para-hydroxylation sites is 1. The van der Waals surface area contributed by atoms with E-state index in [1.165, 1.54) is 12.1 Å². The number of hydrogen-bond acceptors (Lipinski definition) is 2. The normalized spacial score (nSPS) is 12.3. The summed E-state index contributed by atoms with van der Waals surface area (Å²) in [4.78, 5) is 13.2. The Hall–Kier alpha value is -3.55. The Balaban J connectivity index is 1.96. The fourth-order valence-electron chi connectivity index (χ4n) is 3.24. The van der Waals surface area contributed by atoms with Crippen molar-refractivity contribution in [1.29, 1.82) is 0 Å². The van der Waals surface area contributed by atoms with Gasteiger partial charge in [-0.2, -0.15) is 26.3 Å². The number of benzene rings is 3. The van der Waals surface area contributed by atoms with Crippen molar-refractivity contribution in [2.45, 2.75) is 12.4 Å². The molecule has 2 nitrogen and oxygen atoms in total. The SMILES string of the molecule is O=c1c(-c2ccc(C(F)(F)F)cc2)c(-c2ccc(C(F)(F)F)cc2)oc2ccccc12. The molecule has 0 bridgehead atoms. The first kappa shape index (κ1) is 20.7. The van der Waals surface area contributed by atoms with Crippen LogP contribution in [0.3, 0.4) is 0 Å². The molecule has 0 spiro atoms. The van der Waals surface area contributed by atoms with E-state index in [0.29, 0.717) is 0 Å². The Morgan fingerprint density at radius 1 is 0.613 bits per heavy atom. The standard InChI is InChI=1S/C23H12F6O2/c24-22(25,26)15-9-5-13(6-10-15)19-20(30)17-3-1-2-4-18(17)31-21(19)14-7-11-16(12-8-14)23(27,28)29/h1-12H. The molecule has 1 heterocycles. The molecule has 3 aromatic carbocycles. The minimum atomic E-state index is -4.55. The molecule has 0 saturated carbocycles. The van der Waals surface area contributed by atoms with E-state index in [9.17, 15) is 31.1 Å². The highest BCUT2D eigenvalue weighted by atomic mass is 19.4. The van der Waals surface area contributed by atoms with Crippen molar-refractivity contribution in [2.75, 3.05) is 0 Å². The Morgan fingerprint density at radius 3 is 1.61 bits per heavy atom. The molecule has 0 aliphatic carbocycles. The van der Waals surface area contributed by atoms with E-state index in [2.05, 4.69) is 0 Å². The summed E-state index contributed by atoms with van der Waals surface area (Å²) >= 11 is 0. The van der Waals surface area contributed by atoms with Crippen molar-refractivity contribution < 1.29 is 30.8 Å². The van der Waals surface area contributed by atoms with Crippen LogP contribution >= 0.6 is 0 Å². The lowest BCUT2D eigenvalue weighted by Gasteiger charge is -2.13. The molecule has 0 saturated heterocycles. The lowest BCUT2D eigenvalue weighted by Crippen LogP contribution is -2.09. The summed E-state index contributed by atoms with van der Waals surface area (Å²) in [6.07, 6.45) is -9.10. The second kappa shape index (κ2) is 7.30. The molecule has 0 radical (unpaired) electrons. The van der Waals surface area contributed by atoms with Gasteiger partial charge in [-0.05, 0) is 42.0 Å². The lowest BCUT2D eigenvalue weighted by atomic mass is 9.97. The average molecular weight is 434 g/mol. The third kappa shape index (κ3) is 3.93. The van der Waals surface area contributed by atoms with Gasteiger partial charge in [-0.3, -0.25) is 4.79 Å². The summed E-state index contributed by atoms with van der Waals surface area (Å²) in [6, 6.07) is 14.2. The first-order valence-corrected chi connectivity index (χ1v) is 8.97. The predicted octanol–water partition coefficient (Wildman–Crippen LogP) is 7.16. The third-order valence-corrected chi connectivity index (χ3v) is 4.77. The fraction of sp³-hybridized carbons (Fsp3) is 0.0870. The van der Waals surface area contributed by atoms with E-state index in [1.54, 1.807) is 12.1 Å². The second-order valence-electron chi connectivity index (χ2n) is 6.78. The van der Waals surface area contributed by atoms with Crippen molar-refractivity contribution in [3.63, 3.8) is 0 Å². The van der Waals surface area contributed by atoms with Gasteiger partial charge in [-0.1, -0.05) is 36.4 Å². The maximum atomic E-state index is 13.2. The predicted molar refractivity (Wildman–Crippen MR) is 103 cm³/mol. The van der Waals surface area contributed by atoms with E-state index in [-0.39, 0.29) is 33.4 Å². The van der Waals surface area contributed by atoms with Crippen LogP contribution in [0.5, 0.6) is 0 Å². The number of fused-ring (bicyclic) bond motifs is 1. The zero-order valence-corrected chi connectivity index (χ0v) is 15.5. The highest BCUT2D eigenvalue weighted by molar-refractivity contribution is 5.89. The van der Waals surface area contributed by atoms with Crippen LogP contribution in [0.1, 0.15) is 11.1 Å². The van der Waals surface area contributed by atoms with Gasteiger partial charge in [0.15, 0.2) is 0 Å². The Labute approximate surface area is 171 Å². The summed E-state index contributed by atoms with van der Waals surface area (Å²) in [6.45, 7) is 0. The van der Waals surface area contributed by atoms with Gasteiger partial charge in [-0.25, -0.2) is 0 Å². The maximum Gasteiger partial charge on any atom is 0.416 e. The highest BCUT2D eigenvalue weighted by Gasteiger charge is 2.31. The highest BCUT2D eigenvalue weighted by Crippen LogP contribution is 2.36. The Bertz CT molecular complexity index is 1300. The molecule has 31 heavy (non-hydrogen) atoms. The van der Waals surface area contributed by atoms with Crippen LogP contribution in [0.2, 0.25) is 0 Å². The molecule has 8 heteroatoms. The van der Waals surface area contributed by atoms with Gasteiger partial charge in [0.1, 0.15) is 11.3 Å². The average Bonchev–Trinajstić information content (AvgIpc) is 2.73. The van der Waals surface area contributed by atoms with E-state index < -0.39 is 28.9 Å². The van der Waals surface area contributed by atoms with Crippen molar-refractivity contribution >= 4 is 11.0 Å². The van der Waals surface area contributed by atoms with E-state index in [1.807, 2.05) is 0 Å². The minimum absolute atomic E-state index is 0.0304. The molecule has 0 N–H and O–H groups in total. The van der Waals surface area contributed by atoms with Gasteiger partial charge in [0, 0.05) is 5.56 Å². The fourth-order valence-corrected chi connectivity index (χ4v) is 3.24. The zero-order chi connectivity index (χ0) is 22.4. The molecule has 0 unspecified atom stereocenters. The summed E-state index contributed by atoms with van der Waals surface area (Å²) in [5.41, 5.74) is -1.76. The molecule has 4 rings (SSSR count). The molecule has 0 fully saturated rings. The Kier molecular flexibility index (Phi) is 4.88. The zero-order valence-electron chi connectivity index (χ0n) is 15.5. The smallest absolute Gasteiger partial charge is 0.416 e. The van der Waals surface area contributed by atoms with Crippen LogP contribution < -0.4 is 5.43 Å². The van der Waals surface area contributed by atoms with Gasteiger partial charge in [0.05, 0.1) is 22.1 Å². The largest absolute Gasteiger partial charge is 0.455 e. The molecular weight excluding hydrogens is 422 g/mol. The molecule has 0 atom stereocenters. The Morgan fingerprint density at radius 2 is 1.10 bits per heavy atom. The molecule has 4 aromatic rings. The molecule has 0 aliphatic heterocycles.